The molecule has 0 spiro atoms. The number of carbonyl (C=O) groups excluding carboxylic acids is 4. The second-order valence-electron chi connectivity index (χ2n) is 21.8. The Kier molecular flexibility index (Phi) is 18.2. The van der Waals surface area contributed by atoms with Crippen LogP contribution >= 0.6 is 23.2 Å². The molecule has 6 aromatic rings. The second-order valence-corrected chi connectivity index (χ2v) is 22.6. The molecule has 0 radical (unpaired) electrons. The van der Waals surface area contributed by atoms with Crippen LogP contribution in [0.2, 0.25) is 10.0 Å². The smallest absolute Gasteiger partial charge is 0.418 e. The third-order valence-electron chi connectivity index (χ3n) is 16.0. The first-order valence-corrected chi connectivity index (χ1v) is 28.4. The van der Waals surface area contributed by atoms with E-state index in [1.165, 1.54) is 38.1 Å². The number of likely N-dealkylation sites (tertiary alicyclic amines) is 2. The fourth-order valence-corrected chi connectivity index (χ4v) is 12.0. The molecule has 30 heteroatoms. The van der Waals surface area contributed by atoms with E-state index in [-0.39, 0.29) is 139 Å². The summed E-state index contributed by atoms with van der Waals surface area (Å²) < 4.78 is 130. The number of fused-ring (bicyclic) bond motifs is 2. The molecule has 4 saturated heterocycles. The predicted molar refractivity (Wildman–Crippen MR) is 314 cm³/mol. The monoisotopic (exact) mass is 1270 g/mol. The van der Waals surface area contributed by atoms with E-state index in [2.05, 4.69) is 43.1 Å². The highest BCUT2D eigenvalue weighted by molar-refractivity contribution is 6.35. The predicted octanol–water partition coefficient (Wildman–Crippen LogP) is 9.23. The number of nitrogens with zero attached hydrogens (tertiary/aromatic N) is 12. The average Bonchev–Trinajstić information content (AvgIpc) is 0.944. The molecule has 4 amide bonds. The number of nitrogen functional groups attached to an aromatic ring is 2. The van der Waals surface area contributed by atoms with E-state index in [4.69, 9.17) is 44.1 Å². The Hall–Kier alpha value is -8.40. The van der Waals surface area contributed by atoms with E-state index >= 15 is 8.78 Å². The minimum atomic E-state index is -4.89. The molecule has 8 heterocycles. The maximum absolute atomic E-state index is 16.5. The van der Waals surface area contributed by atoms with Crippen molar-refractivity contribution in [3.8, 4) is 34.5 Å². The first kappa shape index (κ1) is 64.1. The summed E-state index contributed by atoms with van der Waals surface area (Å²) in [5.74, 6) is -2.95. The van der Waals surface area contributed by atoms with E-state index in [9.17, 15) is 45.5 Å². The van der Waals surface area contributed by atoms with Gasteiger partial charge in [-0.2, -0.15) is 46.3 Å². The number of piperazine rings is 2. The topological polar surface area (TPSA) is 236 Å². The number of anilines is 4. The first-order chi connectivity index (χ1) is 41.4. The van der Waals surface area contributed by atoms with E-state index < -0.39 is 57.6 Å². The van der Waals surface area contributed by atoms with E-state index in [0.29, 0.717) is 65.0 Å². The number of ether oxygens (including phenoxy) is 2. The Morgan fingerprint density at radius 3 is 1.30 bits per heavy atom. The number of likely N-dealkylation sites (N-methyl/N-ethyl adjacent to an activating group) is 2. The summed E-state index contributed by atoms with van der Waals surface area (Å²) in [6.45, 7) is 15.0. The molecule has 4 aliphatic heterocycles. The van der Waals surface area contributed by atoms with Crippen molar-refractivity contribution < 1.29 is 63.8 Å². The molecule has 88 heavy (non-hydrogen) atoms. The molecule has 468 valence electrons. The van der Waals surface area contributed by atoms with E-state index in [1.807, 2.05) is 23.6 Å². The van der Waals surface area contributed by atoms with Gasteiger partial charge in [0, 0.05) is 89.1 Å². The summed E-state index contributed by atoms with van der Waals surface area (Å²) >= 11 is 13.0. The largest absolute Gasteiger partial charge is 0.461 e. The molecule has 4 fully saturated rings. The lowest BCUT2D eigenvalue weighted by Crippen LogP contribution is -2.53. The highest BCUT2D eigenvalue weighted by Gasteiger charge is 2.42. The van der Waals surface area contributed by atoms with Crippen molar-refractivity contribution in [1.82, 2.24) is 49.5 Å². The number of aryl methyl sites for hydroxylation is 2. The first-order valence-electron chi connectivity index (χ1n) is 27.6. The maximum atomic E-state index is 16.5. The molecule has 4 N–H and O–H groups in total. The normalized spacial score (nSPS) is 19.2. The van der Waals surface area contributed by atoms with Crippen LogP contribution in [-0.2, 0) is 31.5 Å². The minimum Gasteiger partial charge on any atom is -0.461 e. The number of carbonyl (C=O) groups is 4. The zero-order valence-electron chi connectivity index (χ0n) is 48.4. The Bertz CT molecular complexity index is 3580. The number of hydrogen-bond donors (Lipinski definition) is 2. The second kappa shape index (κ2) is 25.0. The van der Waals surface area contributed by atoms with Gasteiger partial charge >= 0.3 is 24.4 Å². The lowest BCUT2D eigenvalue weighted by atomic mass is 9.99. The summed E-state index contributed by atoms with van der Waals surface area (Å²) in [6.07, 6.45) is -5.55. The number of benzene rings is 2. The van der Waals surface area contributed by atoms with Crippen molar-refractivity contribution in [2.24, 2.45) is 0 Å². The van der Waals surface area contributed by atoms with Crippen LogP contribution in [0, 0.1) is 25.5 Å². The molecular formula is C58H60Cl2F8N14O6. The fourth-order valence-electron chi connectivity index (χ4n) is 11.5. The Labute approximate surface area is 509 Å². The van der Waals surface area contributed by atoms with Gasteiger partial charge in [-0.05, 0) is 88.1 Å². The van der Waals surface area contributed by atoms with Crippen molar-refractivity contribution >= 4 is 91.9 Å². The van der Waals surface area contributed by atoms with E-state index in [0.717, 1.165) is 12.1 Å². The number of pyridine rings is 2. The molecule has 4 atom stereocenters. The third kappa shape index (κ3) is 12.7. The number of rotatable bonds is 12. The van der Waals surface area contributed by atoms with Crippen molar-refractivity contribution in [2.45, 2.75) is 89.9 Å². The van der Waals surface area contributed by atoms with Crippen LogP contribution in [-0.4, -0.2) is 164 Å². The lowest BCUT2D eigenvalue weighted by Gasteiger charge is -2.40. The van der Waals surface area contributed by atoms with Crippen LogP contribution in [0.15, 0.2) is 49.6 Å². The molecule has 2 aromatic carbocycles. The number of halogens is 10. The van der Waals surface area contributed by atoms with Gasteiger partial charge in [0.1, 0.15) is 47.5 Å². The molecule has 4 aliphatic rings. The molecule has 10 rings (SSSR count). The quantitative estimate of drug-likeness (QED) is 0.0858. The molecule has 0 bridgehead atoms. The number of nitrogens with two attached hydrogens (primary N) is 2. The van der Waals surface area contributed by atoms with E-state index in [1.54, 1.807) is 33.7 Å². The standard InChI is InChI=1S/2C29H30ClF4N7O3/c2*1-5-20(42)40-8-9-41(15(3)12-40)27-17-11-18(30)22(26-23(29(32,33)34)14(2)10-19(35)36-26)24(31)25(17)37-28(38-27)44-13-16-6-7-21(43)39(16)4/h2*5,10-11,15-16H,1,6-9,12-13H2,2-4H3,(H2,35,36)/t2*15-,16-/m00/s1. The lowest BCUT2D eigenvalue weighted by molar-refractivity contribution is -0.138. The summed E-state index contributed by atoms with van der Waals surface area (Å²) in [5.41, 5.74) is 5.27. The number of amides is 4. The van der Waals surface area contributed by atoms with Crippen molar-refractivity contribution in [3.63, 3.8) is 0 Å². The fraction of sp³-hybridized carbons (Fsp3) is 0.414. The van der Waals surface area contributed by atoms with Crippen LogP contribution in [0.3, 0.4) is 0 Å². The number of hydrogen-bond acceptors (Lipinski definition) is 16. The van der Waals surface area contributed by atoms with Gasteiger partial charge in [0.2, 0.25) is 23.6 Å². The van der Waals surface area contributed by atoms with Gasteiger partial charge in [-0.25, -0.2) is 18.7 Å². The summed E-state index contributed by atoms with van der Waals surface area (Å²) in [7, 11) is 3.29. The average molecular weight is 1270 g/mol. The van der Waals surface area contributed by atoms with Gasteiger partial charge < -0.3 is 50.3 Å². The Balaban J connectivity index is 0.000000209. The van der Waals surface area contributed by atoms with Crippen LogP contribution in [0.4, 0.5) is 58.4 Å². The Morgan fingerprint density at radius 2 is 0.989 bits per heavy atom. The molecule has 0 aliphatic carbocycles. The number of alkyl halides is 6. The Morgan fingerprint density at radius 1 is 0.625 bits per heavy atom. The zero-order chi connectivity index (χ0) is 64.2. The summed E-state index contributed by atoms with van der Waals surface area (Å²) in [4.78, 5) is 83.8. The SMILES string of the molecule is C=CC(=O)N1CCN(c2nc(OC[C@@H]3CCC(=O)N3C)nc3c(F)c(-c4nc(N)cc(C)c4C(F)(F)F)c(Cl)cc23)[C@@H](C)C1.C=CC(=O)N1CCN(c2nc(OC[C@@H]3CCC(=O)N3C)nc3c(F)c(-c4nc(N)cc(C)c4C(F)(F)F)c(Cl)cc23)[C@@H](C)C1. The molecule has 20 nitrogen and oxygen atoms in total. The molecule has 0 unspecified atom stereocenters. The van der Waals surface area contributed by atoms with Crippen LogP contribution < -0.4 is 30.7 Å². The van der Waals surface area contributed by atoms with Gasteiger partial charge in [-0.15, -0.1) is 0 Å². The maximum Gasteiger partial charge on any atom is 0.418 e. The van der Waals surface area contributed by atoms with Gasteiger partial charge in [0.15, 0.2) is 11.6 Å². The summed E-state index contributed by atoms with van der Waals surface area (Å²) in [6, 6.07) is 3.06. The van der Waals surface area contributed by atoms with Crippen LogP contribution in [0.25, 0.3) is 44.3 Å². The van der Waals surface area contributed by atoms with Crippen molar-refractivity contribution in [1.29, 1.82) is 0 Å². The third-order valence-corrected chi connectivity index (χ3v) is 16.6. The van der Waals surface area contributed by atoms with Crippen molar-refractivity contribution in [2.75, 3.05) is 87.8 Å². The van der Waals surface area contributed by atoms with Crippen LogP contribution in [0.5, 0.6) is 12.0 Å². The number of aromatic nitrogens is 6. The van der Waals surface area contributed by atoms with Gasteiger partial charge in [0.25, 0.3) is 0 Å². The molecule has 0 saturated carbocycles. The highest BCUT2D eigenvalue weighted by Crippen LogP contribution is 2.47. The van der Waals surface area contributed by atoms with Crippen LogP contribution in [0.1, 0.15) is 61.8 Å². The zero-order valence-corrected chi connectivity index (χ0v) is 49.9. The van der Waals surface area contributed by atoms with Gasteiger partial charge in [-0.3, -0.25) is 19.2 Å². The highest BCUT2D eigenvalue weighted by atomic mass is 35.5. The molecular weight excluding hydrogens is 1210 g/mol. The van der Waals surface area contributed by atoms with Crippen molar-refractivity contribution in [3.05, 3.63) is 93.5 Å². The summed E-state index contributed by atoms with van der Waals surface area (Å²) in [5, 5.41) is -0.450. The molecule has 4 aromatic heterocycles. The van der Waals surface area contributed by atoms with Gasteiger partial charge in [0.05, 0.1) is 55.8 Å². The minimum absolute atomic E-state index is 0.0145. The van der Waals surface area contributed by atoms with Gasteiger partial charge in [-0.1, -0.05) is 36.4 Å².